The Morgan fingerprint density at radius 2 is 2.00 bits per heavy atom. The van der Waals surface area contributed by atoms with Crippen LogP contribution < -0.4 is 5.32 Å². The van der Waals surface area contributed by atoms with Crippen LogP contribution in [-0.4, -0.2) is 34.2 Å². The molecule has 122 valence electrons. The minimum Gasteiger partial charge on any atom is -0.359 e. The van der Waals surface area contributed by atoms with Gasteiger partial charge in [0, 0.05) is 6.20 Å². The number of hydrogen-bond donors (Lipinski definition) is 2. The summed E-state index contributed by atoms with van der Waals surface area (Å²) in [5.41, 5.74) is 1.29. The normalized spacial score (nSPS) is 22.6. The summed E-state index contributed by atoms with van der Waals surface area (Å²) in [6.45, 7) is -0.255. The van der Waals surface area contributed by atoms with Crippen molar-refractivity contribution in [3.05, 3.63) is 59.4 Å². The van der Waals surface area contributed by atoms with E-state index in [1.54, 1.807) is 18.3 Å². The number of ketones is 1. The fourth-order valence-corrected chi connectivity index (χ4v) is 3.69. The minimum absolute atomic E-state index is 0.255. The van der Waals surface area contributed by atoms with Gasteiger partial charge in [-0.1, -0.05) is 24.3 Å². The molecule has 2 heterocycles. The first-order valence-corrected chi connectivity index (χ1v) is 8.01. The molecule has 2 N–H and O–H groups in total. The van der Waals surface area contributed by atoms with Crippen LogP contribution in [0.3, 0.4) is 0 Å². The van der Waals surface area contributed by atoms with Gasteiger partial charge in [0.2, 0.25) is 0 Å². The zero-order valence-electron chi connectivity index (χ0n) is 13.0. The third kappa shape index (κ3) is 2.06. The molecule has 3 amide bonds. The lowest BCUT2D eigenvalue weighted by Gasteiger charge is -2.33. The van der Waals surface area contributed by atoms with Crippen LogP contribution in [0.5, 0.6) is 0 Å². The molecule has 1 aromatic carbocycles. The van der Waals surface area contributed by atoms with Gasteiger partial charge in [-0.15, -0.1) is 0 Å². The van der Waals surface area contributed by atoms with Crippen molar-refractivity contribution in [1.82, 2.24) is 15.2 Å². The van der Waals surface area contributed by atoms with E-state index >= 15 is 0 Å². The number of carbonyl (C=O) groups is 3. The fraction of sp³-hybridized carbons (Fsp3) is 0.278. The quantitative estimate of drug-likeness (QED) is 0.669. The Hall–Kier alpha value is -2.89. The summed E-state index contributed by atoms with van der Waals surface area (Å²) in [6, 6.07) is 10.5. The summed E-state index contributed by atoms with van der Waals surface area (Å²) in [4.78, 5) is 41.6. The summed E-state index contributed by atoms with van der Waals surface area (Å²) < 4.78 is 0. The molecule has 0 bridgehead atoms. The zero-order valence-corrected chi connectivity index (χ0v) is 13.0. The highest BCUT2D eigenvalue weighted by Crippen LogP contribution is 2.39. The van der Waals surface area contributed by atoms with E-state index in [4.69, 9.17) is 0 Å². The molecule has 4 rings (SSSR count). The lowest BCUT2D eigenvalue weighted by atomic mass is 9.76. The van der Waals surface area contributed by atoms with Crippen molar-refractivity contribution in [3.63, 3.8) is 0 Å². The highest BCUT2D eigenvalue weighted by Gasteiger charge is 2.54. The van der Waals surface area contributed by atoms with Crippen molar-refractivity contribution in [3.8, 4) is 0 Å². The van der Waals surface area contributed by atoms with E-state index in [9.17, 15) is 14.4 Å². The predicted molar refractivity (Wildman–Crippen MR) is 86.4 cm³/mol. The predicted octanol–water partition coefficient (Wildman–Crippen LogP) is 1.98. The first-order valence-electron chi connectivity index (χ1n) is 8.01. The average Bonchev–Trinajstić information content (AvgIpc) is 3.20. The Bertz CT molecular complexity index is 828. The molecule has 1 fully saturated rings. The van der Waals surface area contributed by atoms with Crippen LogP contribution in [-0.2, 0) is 16.8 Å². The van der Waals surface area contributed by atoms with Gasteiger partial charge in [-0.2, -0.15) is 0 Å². The second-order valence-electron chi connectivity index (χ2n) is 6.24. The van der Waals surface area contributed by atoms with Crippen LogP contribution in [0, 0.1) is 0 Å². The maximum Gasteiger partial charge on any atom is 0.325 e. The van der Waals surface area contributed by atoms with Crippen LogP contribution >= 0.6 is 0 Å². The molecule has 1 aromatic heterocycles. The van der Waals surface area contributed by atoms with E-state index in [1.165, 1.54) is 0 Å². The van der Waals surface area contributed by atoms with Crippen molar-refractivity contribution >= 4 is 17.7 Å². The van der Waals surface area contributed by atoms with Crippen LogP contribution in [0.4, 0.5) is 4.79 Å². The van der Waals surface area contributed by atoms with Crippen molar-refractivity contribution in [2.75, 3.05) is 6.54 Å². The fourth-order valence-electron chi connectivity index (χ4n) is 3.69. The second-order valence-corrected chi connectivity index (χ2v) is 6.24. The number of imide groups is 1. The maximum absolute atomic E-state index is 13.0. The van der Waals surface area contributed by atoms with E-state index in [2.05, 4.69) is 10.3 Å². The largest absolute Gasteiger partial charge is 0.359 e. The number of hydrogen-bond acceptors (Lipinski definition) is 3. The lowest BCUT2D eigenvalue weighted by Crippen LogP contribution is -2.46. The van der Waals surface area contributed by atoms with E-state index in [1.807, 2.05) is 24.3 Å². The average molecular weight is 323 g/mol. The highest BCUT2D eigenvalue weighted by molar-refractivity contribution is 6.11. The molecule has 0 radical (unpaired) electrons. The number of amides is 3. The number of rotatable bonds is 3. The molecular weight excluding hydrogens is 306 g/mol. The standard InChI is InChI=1S/C18H17N3O3/c22-15(14-8-4-10-19-14)11-21-16(23)18(20-17(21)24)9-3-6-12-5-1-2-7-13(12)18/h1-2,4-5,7-8,10,19H,3,6,9,11H2,(H,20,24)/t18-/m0/s1. The third-order valence-corrected chi connectivity index (χ3v) is 4.85. The highest BCUT2D eigenvalue weighted by atomic mass is 16.2. The van der Waals surface area contributed by atoms with Crippen molar-refractivity contribution in [2.45, 2.75) is 24.8 Å². The smallest absolute Gasteiger partial charge is 0.325 e. The Morgan fingerprint density at radius 3 is 2.79 bits per heavy atom. The first kappa shape index (κ1) is 14.7. The second kappa shape index (κ2) is 5.33. The molecule has 1 saturated heterocycles. The van der Waals surface area contributed by atoms with E-state index in [0.717, 1.165) is 28.9 Å². The number of carbonyl (C=O) groups excluding carboxylic acids is 3. The SMILES string of the molecule is O=C(CN1C(=O)N[C@]2(CCCc3ccccc32)C1=O)c1ccc[nH]1. The van der Waals surface area contributed by atoms with Crippen LogP contribution in [0.1, 0.15) is 34.5 Å². The first-order chi connectivity index (χ1) is 11.6. The van der Waals surface area contributed by atoms with E-state index < -0.39 is 11.6 Å². The Kier molecular flexibility index (Phi) is 3.26. The third-order valence-electron chi connectivity index (χ3n) is 4.85. The molecule has 6 heteroatoms. The summed E-state index contributed by atoms with van der Waals surface area (Å²) in [7, 11) is 0. The van der Waals surface area contributed by atoms with Crippen LogP contribution in [0.15, 0.2) is 42.6 Å². The lowest BCUT2D eigenvalue weighted by molar-refractivity contribution is -0.131. The molecule has 2 aromatic rings. The topological polar surface area (TPSA) is 82.3 Å². The van der Waals surface area contributed by atoms with Gasteiger partial charge in [0.1, 0.15) is 5.54 Å². The number of Topliss-reactive ketones (excluding diaryl/α,β-unsaturated/α-hetero) is 1. The summed E-state index contributed by atoms with van der Waals surface area (Å²) in [5, 5.41) is 2.85. The molecule has 24 heavy (non-hydrogen) atoms. The van der Waals surface area contributed by atoms with Gasteiger partial charge in [-0.3, -0.25) is 14.5 Å². The van der Waals surface area contributed by atoms with Gasteiger partial charge in [-0.25, -0.2) is 4.79 Å². The molecule has 2 aliphatic rings. The molecule has 1 aliphatic carbocycles. The number of urea groups is 1. The van der Waals surface area contributed by atoms with Gasteiger partial charge >= 0.3 is 6.03 Å². The Labute approximate surface area is 138 Å². The van der Waals surface area contributed by atoms with Gasteiger partial charge in [-0.05, 0) is 42.5 Å². The molecule has 0 saturated carbocycles. The maximum atomic E-state index is 13.0. The number of aromatic amines is 1. The van der Waals surface area contributed by atoms with Gasteiger partial charge in [0.05, 0.1) is 12.2 Å². The number of fused-ring (bicyclic) bond motifs is 2. The van der Waals surface area contributed by atoms with Gasteiger partial charge < -0.3 is 10.3 Å². The number of aryl methyl sites for hydroxylation is 1. The van der Waals surface area contributed by atoms with Gasteiger partial charge in [0.15, 0.2) is 5.78 Å². The zero-order chi connectivity index (χ0) is 16.7. The molecule has 1 atom stereocenters. The number of H-pyrrole nitrogens is 1. The minimum atomic E-state index is -1.03. The number of aromatic nitrogens is 1. The summed E-state index contributed by atoms with van der Waals surface area (Å²) in [5.74, 6) is -0.621. The molecule has 6 nitrogen and oxygen atoms in total. The van der Waals surface area contributed by atoms with Gasteiger partial charge in [0.25, 0.3) is 5.91 Å². The molecule has 0 unspecified atom stereocenters. The van der Waals surface area contributed by atoms with Crippen LogP contribution in [0.2, 0.25) is 0 Å². The van der Waals surface area contributed by atoms with E-state index in [-0.39, 0.29) is 18.2 Å². The summed E-state index contributed by atoms with van der Waals surface area (Å²) in [6.07, 6.45) is 3.91. The summed E-state index contributed by atoms with van der Waals surface area (Å²) >= 11 is 0. The molecular formula is C18H17N3O3. The Morgan fingerprint density at radius 1 is 1.17 bits per heavy atom. The molecule has 1 aliphatic heterocycles. The van der Waals surface area contributed by atoms with E-state index in [0.29, 0.717) is 12.1 Å². The number of nitrogens with zero attached hydrogens (tertiary/aromatic N) is 1. The van der Waals surface area contributed by atoms with Crippen molar-refractivity contribution in [2.24, 2.45) is 0 Å². The number of benzene rings is 1. The Balaban J connectivity index is 1.66. The monoisotopic (exact) mass is 323 g/mol. The number of nitrogens with one attached hydrogen (secondary N) is 2. The molecule has 1 spiro atoms. The van der Waals surface area contributed by atoms with Crippen molar-refractivity contribution in [1.29, 1.82) is 0 Å². The van der Waals surface area contributed by atoms with Crippen molar-refractivity contribution < 1.29 is 14.4 Å². The van der Waals surface area contributed by atoms with Crippen LogP contribution in [0.25, 0.3) is 0 Å².